The maximum atomic E-state index is 12.6. The molecule has 2 aliphatic rings. The SMILES string of the molecule is CCCCCC1CC(C)CCC1COC(=O)C1CCC(C)CC1C(=O)O. The Morgan fingerprint density at radius 2 is 1.62 bits per heavy atom. The fraction of sp³-hybridized carbons (Fsp3) is 0.909. The van der Waals surface area contributed by atoms with Gasteiger partial charge in [0.2, 0.25) is 0 Å². The number of hydrogen-bond donors (Lipinski definition) is 1. The van der Waals surface area contributed by atoms with Crippen LogP contribution < -0.4 is 0 Å². The zero-order valence-corrected chi connectivity index (χ0v) is 16.9. The van der Waals surface area contributed by atoms with Gasteiger partial charge >= 0.3 is 11.9 Å². The molecule has 0 aromatic rings. The summed E-state index contributed by atoms with van der Waals surface area (Å²) < 4.78 is 5.71. The van der Waals surface area contributed by atoms with Crippen molar-refractivity contribution in [1.29, 1.82) is 0 Å². The maximum Gasteiger partial charge on any atom is 0.309 e. The van der Waals surface area contributed by atoms with E-state index in [1.807, 2.05) is 0 Å². The highest BCUT2D eigenvalue weighted by molar-refractivity contribution is 5.81. The molecule has 2 fully saturated rings. The van der Waals surface area contributed by atoms with E-state index in [9.17, 15) is 14.7 Å². The Hall–Kier alpha value is -1.06. The lowest BCUT2D eigenvalue weighted by Crippen LogP contribution is -2.37. The van der Waals surface area contributed by atoms with Gasteiger partial charge in [0.25, 0.3) is 0 Å². The number of esters is 1. The molecule has 0 bridgehead atoms. The molecule has 26 heavy (non-hydrogen) atoms. The summed E-state index contributed by atoms with van der Waals surface area (Å²) in [5, 5.41) is 9.48. The first-order valence-corrected chi connectivity index (χ1v) is 10.8. The molecule has 0 spiro atoms. The fourth-order valence-corrected chi connectivity index (χ4v) is 5.02. The molecule has 2 saturated carbocycles. The average Bonchev–Trinajstić information content (AvgIpc) is 2.60. The van der Waals surface area contributed by atoms with Crippen LogP contribution in [0.5, 0.6) is 0 Å². The molecular formula is C22H38O4. The normalized spacial score (nSPS) is 35.0. The lowest BCUT2D eigenvalue weighted by atomic mass is 9.72. The van der Waals surface area contributed by atoms with E-state index in [0.29, 0.717) is 37.2 Å². The van der Waals surface area contributed by atoms with Crippen LogP contribution in [-0.4, -0.2) is 23.7 Å². The fourth-order valence-electron chi connectivity index (χ4n) is 5.02. The third-order valence-electron chi connectivity index (χ3n) is 6.75. The van der Waals surface area contributed by atoms with Crippen LogP contribution >= 0.6 is 0 Å². The standard InChI is InChI=1S/C22H38O4/c1-4-5-6-7-17-12-15(2)8-10-18(17)14-26-22(25)19-11-9-16(3)13-20(19)21(23)24/h15-20H,4-14H2,1-3H3,(H,23,24). The van der Waals surface area contributed by atoms with E-state index in [1.54, 1.807) is 0 Å². The van der Waals surface area contributed by atoms with Gasteiger partial charge in [-0.05, 0) is 55.8 Å². The van der Waals surface area contributed by atoms with Crippen molar-refractivity contribution in [3.8, 4) is 0 Å². The molecule has 4 heteroatoms. The summed E-state index contributed by atoms with van der Waals surface area (Å²) >= 11 is 0. The van der Waals surface area contributed by atoms with E-state index in [1.165, 1.54) is 38.5 Å². The Bertz CT molecular complexity index is 461. The molecule has 1 N–H and O–H groups in total. The molecule has 6 unspecified atom stereocenters. The van der Waals surface area contributed by atoms with Crippen LogP contribution in [0.4, 0.5) is 0 Å². The Balaban J connectivity index is 1.88. The van der Waals surface area contributed by atoms with E-state index in [4.69, 9.17) is 4.74 Å². The van der Waals surface area contributed by atoms with Crippen molar-refractivity contribution in [3.63, 3.8) is 0 Å². The van der Waals surface area contributed by atoms with E-state index in [2.05, 4.69) is 20.8 Å². The highest BCUT2D eigenvalue weighted by Gasteiger charge is 2.39. The van der Waals surface area contributed by atoms with Crippen LogP contribution in [0.2, 0.25) is 0 Å². The van der Waals surface area contributed by atoms with Gasteiger partial charge in [0.1, 0.15) is 0 Å². The maximum absolute atomic E-state index is 12.6. The lowest BCUT2D eigenvalue weighted by Gasteiger charge is -2.36. The quantitative estimate of drug-likeness (QED) is 0.468. The first-order chi connectivity index (χ1) is 12.4. The molecule has 2 rings (SSSR count). The summed E-state index contributed by atoms with van der Waals surface area (Å²) in [6, 6.07) is 0. The number of carbonyl (C=O) groups is 2. The number of carboxylic acids is 1. The Labute approximate surface area is 159 Å². The van der Waals surface area contributed by atoms with Gasteiger partial charge in [0, 0.05) is 0 Å². The number of ether oxygens (including phenoxy) is 1. The smallest absolute Gasteiger partial charge is 0.309 e. The van der Waals surface area contributed by atoms with Gasteiger partial charge in [0.15, 0.2) is 0 Å². The summed E-state index contributed by atoms with van der Waals surface area (Å²) in [7, 11) is 0. The number of aliphatic carboxylic acids is 1. The van der Waals surface area contributed by atoms with Crippen molar-refractivity contribution < 1.29 is 19.4 Å². The van der Waals surface area contributed by atoms with Gasteiger partial charge in [-0.1, -0.05) is 52.9 Å². The zero-order valence-electron chi connectivity index (χ0n) is 16.9. The van der Waals surface area contributed by atoms with Crippen LogP contribution in [0.3, 0.4) is 0 Å². The molecular weight excluding hydrogens is 328 g/mol. The minimum Gasteiger partial charge on any atom is -0.481 e. The predicted molar refractivity (Wildman–Crippen MR) is 103 cm³/mol. The Morgan fingerprint density at radius 1 is 0.923 bits per heavy atom. The number of carbonyl (C=O) groups excluding carboxylic acids is 1. The van der Waals surface area contributed by atoms with Crippen molar-refractivity contribution in [1.82, 2.24) is 0 Å². The highest BCUT2D eigenvalue weighted by atomic mass is 16.5. The minimum absolute atomic E-state index is 0.268. The molecule has 0 aromatic heterocycles. The van der Waals surface area contributed by atoms with Crippen molar-refractivity contribution in [2.45, 2.75) is 85.0 Å². The van der Waals surface area contributed by atoms with Gasteiger partial charge in [-0.2, -0.15) is 0 Å². The molecule has 0 saturated heterocycles. The first kappa shape index (κ1) is 21.2. The van der Waals surface area contributed by atoms with Gasteiger partial charge < -0.3 is 9.84 Å². The van der Waals surface area contributed by atoms with Crippen molar-refractivity contribution in [2.24, 2.45) is 35.5 Å². The Kier molecular flexibility index (Phi) is 8.43. The molecule has 2 aliphatic carbocycles. The first-order valence-electron chi connectivity index (χ1n) is 10.8. The van der Waals surface area contributed by atoms with Gasteiger partial charge in [-0.25, -0.2) is 0 Å². The third-order valence-corrected chi connectivity index (χ3v) is 6.75. The summed E-state index contributed by atoms with van der Waals surface area (Å²) in [5.41, 5.74) is 0. The highest BCUT2D eigenvalue weighted by Crippen LogP contribution is 2.38. The topological polar surface area (TPSA) is 63.6 Å². The number of unbranched alkanes of at least 4 members (excludes halogenated alkanes) is 2. The monoisotopic (exact) mass is 366 g/mol. The van der Waals surface area contributed by atoms with Gasteiger partial charge in [-0.3, -0.25) is 9.59 Å². The molecule has 4 nitrogen and oxygen atoms in total. The van der Waals surface area contributed by atoms with Crippen LogP contribution in [0.1, 0.15) is 85.0 Å². The van der Waals surface area contributed by atoms with E-state index in [-0.39, 0.29) is 5.97 Å². The van der Waals surface area contributed by atoms with E-state index < -0.39 is 17.8 Å². The van der Waals surface area contributed by atoms with Crippen LogP contribution in [0.25, 0.3) is 0 Å². The molecule has 0 radical (unpaired) electrons. The molecule has 0 heterocycles. The third kappa shape index (κ3) is 5.99. The minimum atomic E-state index is -0.845. The van der Waals surface area contributed by atoms with Crippen molar-refractivity contribution in [2.75, 3.05) is 6.61 Å². The molecule has 0 amide bonds. The second-order valence-corrected chi connectivity index (χ2v) is 9.03. The largest absolute Gasteiger partial charge is 0.481 e. The van der Waals surface area contributed by atoms with Crippen LogP contribution in [-0.2, 0) is 14.3 Å². The van der Waals surface area contributed by atoms with Crippen LogP contribution in [0.15, 0.2) is 0 Å². The second-order valence-electron chi connectivity index (χ2n) is 9.03. The number of rotatable bonds is 8. The summed E-state index contributed by atoms with van der Waals surface area (Å²) in [6.07, 6.45) is 10.8. The van der Waals surface area contributed by atoms with E-state index >= 15 is 0 Å². The van der Waals surface area contributed by atoms with Gasteiger partial charge in [-0.15, -0.1) is 0 Å². The lowest BCUT2D eigenvalue weighted by molar-refractivity contribution is -0.162. The van der Waals surface area contributed by atoms with E-state index in [0.717, 1.165) is 18.8 Å². The zero-order chi connectivity index (χ0) is 19.1. The van der Waals surface area contributed by atoms with Crippen molar-refractivity contribution in [3.05, 3.63) is 0 Å². The summed E-state index contributed by atoms with van der Waals surface area (Å²) in [4.78, 5) is 24.2. The molecule has 150 valence electrons. The van der Waals surface area contributed by atoms with Gasteiger partial charge in [0.05, 0.1) is 18.4 Å². The number of carboxylic acid groups (broad SMARTS) is 1. The predicted octanol–water partition coefficient (Wildman–Crippen LogP) is 5.30. The van der Waals surface area contributed by atoms with Crippen LogP contribution in [0, 0.1) is 35.5 Å². The summed E-state index contributed by atoms with van der Waals surface area (Å²) in [6.45, 7) is 7.12. The molecule has 0 aliphatic heterocycles. The average molecular weight is 367 g/mol. The second kappa shape index (κ2) is 10.3. The molecule has 6 atom stereocenters. The molecule has 0 aromatic carbocycles. The summed E-state index contributed by atoms with van der Waals surface area (Å²) in [5.74, 6) is 0.116. The number of hydrogen-bond acceptors (Lipinski definition) is 3. The Morgan fingerprint density at radius 3 is 2.31 bits per heavy atom. The van der Waals surface area contributed by atoms with Crippen molar-refractivity contribution >= 4 is 11.9 Å².